The van der Waals surface area contributed by atoms with Gasteiger partial charge in [-0.3, -0.25) is 14.4 Å². The molecule has 1 aromatic heterocycles. The van der Waals surface area contributed by atoms with E-state index >= 15 is 0 Å². The summed E-state index contributed by atoms with van der Waals surface area (Å²) in [5, 5.41) is 15.1. The van der Waals surface area contributed by atoms with Crippen LogP contribution in [0.15, 0.2) is 42.5 Å². The van der Waals surface area contributed by atoms with Crippen molar-refractivity contribution in [2.45, 2.75) is 45.1 Å². The molecule has 41 heavy (non-hydrogen) atoms. The molecule has 4 rings (SSSR count). The van der Waals surface area contributed by atoms with Crippen LogP contribution in [-0.2, 0) is 20.8 Å². The summed E-state index contributed by atoms with van der Waals surface area (Å²) in [6, 6.07) is 11.3. The van der Waals surface area contributed by atoms with Crippen molar-refractivity contribution in [2.24, 2.45) is 11.8 Å². The number of fused-ring (bicyclic) bond motifs is 1. The van der Waals surface area contributed by atoms with Gasteiger partial charge in [0.05, 0.1) is 11.0 Å². The van der Waals surface area contributed by atoms with Gasteiger partial charge in [-0.2, -0.15) is 0 Å². The summed E-state index contributed by atoms with van der Waals surface area (Å²) < 4.78 is 0. The number of benzene rings is 2. The van der Waals surface area contributed by atoms with E-state index in [1.54, 1.807) is 25.2 Å². The molecule has 11 heteroatoms. The van der Waals surface area contributed by atoms with Crippen LogP contribution in [-0.4, -0.2) is 77.4 Å². The number of anilines is 2. The molecule has 1 fully saturated rings. The number of carboxylic acids is 1. The molecule has 0 unspecified atom stereocenters. The molecule has 1 saturated carbocycles. The standard InChI is InChI=1S/C30H38N6O5/c1-18(37)36(4)23-7-5-6-20(14-23)15-26(34-28(38)21-10-8-19(9-11-21)17-35(2)3)29(39)31-22-12-13-24-25(16-22)33-27(32-24)30(40)41/h5-7,12-14,16,19,21,26H,8-11,15,17H2,1-4H3,(H,31,39)(H,32,33)(H,34,38)(H,40,41)/t19?,21?,26-/m0/s1. The number of carbonyl (C=O) groups excluding carboxylic acids is 3. The van der Waals surface area contributed by atoms with E-state index in [2.05, 4.69) is 39.6 Å². The van der Waals surface area contributed by atoms with Gasteiger partial charge in [0.1, 0.15) is 6.04 Å². The average Bonchev–Trinajstić information content (AvgIpc) is 3.36. The number of hydrogen-bond donors (Lipinski definition) is 4. The third kappa shape index (κ3) is 7.69. The topological polar surface area (TPSA) is 148 Å². The van der Waals surface area contributed by atoms with E-state index in [0.29, 0.717) is 28.3 Å². The lowest BCUT2D eigenvalue weighted by Gasteiger charge is -2.30. The number of rotatable bonds is 10. The zero-order chi connectivity index (χ0) is 29.7. The normalized spacial score (nSPS) is 17.7. The fourth-order valence-electron chi connectivity index (χ4n) is 5.35. The molecular weight excluding hydrogens is 524 g/mol. The Labute approximate surface area is 239 Å². The minimum Gasteiger partial charge on any atom is -0.475 e. The average molecular weight is 563 g/mol. The van der Waals surface area contributed by atoms with Gasteiger partial charge in [0.15, 0.2) is 0 Å². The monoisotopic (exact) mass is 562 g/mol. The van der Waals surface area contributed by atoms with Crippen LogP contribution in [0.1, 0.15) is 48.8 Å². The molecule has 0 radical (unpaired) electrons. The largest absolute Gasteiger partial charge is 0.475 e. The fourth-order valence-corrected chi connectivity index (χ4v) is 5.35. The molecule has 3 amide bonds. The molecule has 4 N–H and O–H groups in total. The van der Waals surface area contributed by atoms with Crippen LogP contribution < -0.4 is 15.5 Å². The predicted molar refractivity (Wildman–Crippen MR) is 157 cm³/mol. The number of nitrogens with zero attached hydrogens (tertiary/aromatic N) is 3. The number of carbonyl (C=O) groups is 4. The first-order chi connectivity index (χ1) is 19.5. The first-order valence-electron chi connectivity index (χ1n) is 13.8. The van der Waals surface area contributed by atoms with Crippen LogP contribution in [0.25, 0.3) is 11.0 Å². The Hall–Kier alpha value is -4.25. The number of carboxylic acid groups (broad SMARTS) is 1. The van der Waals surface area contributed by atoms with Gasteiger partial charge in [-0.15, -0.1) is 0 Å². The SMILES string of the molecule is CC(=O)N(C)c1cccc(C[C@H](NC(=O)C2CCC(CN(C)C)CC2)C(=O)Nc2ccc3nc(C(=O)O)[nH]c3c2)c1. The Morgan fingerprint density at radius 1 is 1.05 bits per heavy atom. The second-order valence-electron chi connectivity index (χ2n) is 11.1. The molecule has 1 aliphatic rings. The number of aromatic nitrogens is 2. The fraction of sp³-hybridized carbons (Fsp3) is 0.433. The summed E-state index contributed by atoms with van der Waals surface area (Å²) in [6.45, 7) is 2.48. The van der Waals surface area contributed by atoms with Gasteiger partial charge >= 0.3 is 5.97 Å². The van der Waals surface area contributed by atoms with Crippen LogP contribution in [0.5, 0.6) is 0 Å². The highest BCUT2D eigenvalue weighted by Gasteiger charge is 2.30. The number of aromatic amines is 1. The quantitative estimate of drug-likeness (QED) is 0.296. The Morgan fingerprint density at radius 3 is 2.44 bits per heavy atom. The van der Waals surface area contributed by atoms with E-state index in [0.717, 1.165) is 37.8 Å². The molecule has 218 valence electrons. The lowest BCUT2D eigenvalue weighted by Crippen LogP contribution is -2.48. The number of nitrogens with one attached hydrogen (secondary N) is 3. The Bertz CT molecular complexity index is 1430. The first kappa shape index (κ1) is 29.7. The number of hydrogen-bond acceptors (Lipinski definition) is 6. The van der Waals surface area contributed by atoms with E-state index < -0.39 is 17.9 Å². The first-order valence-corrected chi connectivity index (χ1v) is 13.8. The predicted octanol–water partition coefficient (Wildman–Crippen LogP) is 3.28. The Balaban J connectivity index is 1.52. The highest BCUT2D eigenvalue weighted by molar-refractivity contribution is 5.99. The molecular formula is C30H38N6O5. The van der Waals surface area contributed by atoms with Crippen LogP contribution in [0, 0.1) is 11.8 Å². The summed E-state index contributed by atoms with van der Waals surface area (Å²) in [6.07, 6.45) is 3.71. The lowest BCUT2D eigenvalue weighted by molar-refractivity contribution is -0.130. The molecule has 1 aliphatic carbocycles. The van der Waals surface area contributed by atoms with Gasteiger partial charge in [0.25, 0.3) is 0 Å². The number of imidazole rings is 1. The smallest absolute Gasteiger partial charge is 0.371 e. The van der Waals surface area contributed by atoms with E-state index in [4.69, 9.17) is 0 Å². The summed E-state index contributed by atoms with van der Waals surface area (Å²) in [7, 11) is 5.79. The molecule has 1 heterocycles. The van der Waals surface area contributed by atoms with E-state index in [1.165, 1.54) is 11.8 Å². The summed E-state index contributed by atoms with van der Waals surface area (Å²) in [5.41, 5.74) is 2.85. The van der Waals surface area contributed by atoms with Crippen molar-refractivity contribution in [3.8, 4) is 0 Å². The molecule has 3 aromatic rings. The van der Waals surface area contributed by atoms with Crippen molar-refractivity contribution in [3.63, 3.8) is 0 Å². The van der Waals surface area contributed by atoms with Crippen LogP contribution in [0.3, 0.4) is 0 Å². The van der Waals surface area contributed by atoms with E-state index in [-0.39, 0.29) is 30.0 Å². The number of amides is 3. The number of H-pyrrole nitrogens is 1. The maximum absolute atomic E-state index is 13.6. The minimum absolute atomic E-state index is 0.116. The summed E-state index contributed by atoms with van der Waals surface area (Å²) >= 11 is 0. The maximum atomic E-state index is 13.6. The van der Waals surface area contributed by atoms with Crippen molar-refractivity contribution >= 4 is 46.1 Å². The van der Waals surface area contributed by atoms with Crippen molar-refractivity contribution in [1.82, 2.24) is 20.2 Å². The molecule has 11 nitrogen and oxygen atoms in total. The molecule has 0 spiro atoms. The van der Waals surface area contributed by atoms with Gasteiger partial charge in [-0.05, 0) is 81.6 Å². The van der Waals surface area contributed by atoms with E-state index in [9.17, 15) is 24.3 Å². The molecule has 0 saturated heterocycles. The highest BCUT2D eigenvalue weighted by Crippen LogP contribution is 2.29. The number of aromatic carboxylic acids is 1. The third-order valence-corrected chi connectivity index (χ3v) is 7.64. The molecule has 0 aliphatic heterocycles. The minimum atomic E-state index is -1.18. The second-order valence-corrected chi connectivity index (χ2v) is 11.1. The van der Waals surface area contributed by atoms with Crippen molar-refractivity contribution < 1.29 is 24.3 Å². The second kappa shape index (κ2) is 12.9. The van der Waals surface area contributed by atoms with Gasteiger partial charge < -0.3 is 30.5 Å². The van der Waals surface area contributed by atoms with Crippen molar-refractivity contribution in [2.75, 3.05) is 37.9 Å². The molecule has 0 bridgehead atoms. The lowest BCUT2D eigenvalue weighted by atomic mass is 9.81. The van der Waals surface area contributed by atoms with Crippen molar-refractivity contribution in [3.05, 3.63) is 53.9 Å². The van der Waals surface area contributed by atoms with Gasteiger partial charge in [-0.1, -0.05) is 12.1 Å². The maximum Gasteiger partial charge on any atom is 0.371 e. The van der Waals surface area contributed by atoms with E-state index in [1.807, 2.05) is 24.3 Å². The van der Waals surface area contributed by atoms with Gasteiger partial charge in [-0.25, -0.2) is 9.78 Å². The van der Waals surface area contributed by atoms with Gasteiger partial charge in [0.2, 0.25) is 23.5 Å². The van der Waals surface area contributed by atoms with Crippen LogP contribution in [0.2, 0.25) is 0 Å². The molecule has 1 atom stereocenters. The summed E-state index contributed by atoms with van der Waals surface area (Å²) in [5.74, 6) is -1.62. The Kier molecular flexibility index (Phi) is 9.38. The summed E-state index contributed by atoms with van der Waals surface area (Å²) in [4.78, 5) is 60.5. The molecule has 2 aromatic carbocycles. The van der Waals surface area contributed by atoms with Crippen molar-refractivity contribution in [1.29, 1.82) is 0 Å². The van der Waals surface area contributed by atoms with Crippen LogP contribution >= 0.6 is 0 Å². The van der Waals surface area contributed by atoms with Gasteiger partial charge in [0, 0.05) is 44.2 Å². The zero-order valence-corrected chi connectivity index (χ0v) is 23.9. The zero-order valence-electron chi connectivity index (χ0n) is 23.9. The van der Waals surface area contributed by atoms with Crippen LogP contribution in [0.4, 0.5) is 11.4 Å². The third-order valence-electron chi connectivity index (χ3n) is 7.64. The highest BCUT2D eigenvalue weighted by atomic mass is 16.4. The Morgan fingerprint density at radius 2 is 1.78 bits per heavy atom.